The van der Waals surface area contributed by atoms with Crippen LogP contribution < -0.4 is 5.73 Å². The van der Waals surface area contributed by atoms with Crippen LogP contribution in [0.25, 0.3) is 11.0 Å². The van der Waals surface area contributed by atoms with Crippen LogP contribution in [0.4, 0.5) is 0 Å². The number of hydrogen-bond donors (Lipinski definition) is 1. The summed E-state index contributed by atoms with van der Waals surface area (Å²) in [5, 5.41) is 1.05. The lowest BCUT2D eigenvalue weighted by molar-refractivity contribution is -0.133. The van der Waals surface area contributed by atoms with Gasteiger partial charge in [-0.15, -0.1) is 0 Å². The van der Waals surface area contributed by atoms with Crippen molar-refractivity contribution in [1.82, 2.24) is 4.90 Å². The lowest BCUT2D eigenvalue weighted by Gasteiger charge is -2.25. The Hall–Kier alpha value is -1.81. The molecule has 19 heavy (non-hydrogen) atoms. The fourth-order valence-electron chi connectivity index (χ4n) is 2.03. The van der Waals surface area contributed by atoms with Gasteiger partial charge in [-0.2, -0.15) is 0 Å². The molecule has 1 unspecified atom stereocenters. The summed E-state index contributed by atoms with van der Waals surface area (Å²) >= 11 is 0. The third-order valence-electron chi connectivity index (χ3n) is 3.54. The zero-order valence-electron chi connectivity index (χ0n) is 11.6. The average Bonchev–Trinajstić information content (AvgIpc) is 2.87. The highest BCUT2D eigenvalue weighted by Gasteiger charge is 2.23. The average molecular weight is 260 g/mol. The number of amides is 1. The van der Waals surface area contributed by atoms with Crippen molar-refractivity contribution in [2.45, 2.75) is 32.4 Å². The maximum atomic E-state index is 12.1. The van der Waals surface area contributed by atoms with Crippen molar-refractivity contribution in [2.75, 3.05) is 7.05 Å². The first kappa shape index (κ1) is 13.6. The second-order valence-corrected chi connectivity index (χ2v) is 4.83. The number of nitrogens with two attached hydrogens (primary N) is 1. The molecule has 0 radical (unpaired) electrons. The van der Waals surface area contributed by atoms with Gasteiger partial charge >= 0.3 is 0 Å². The number of rotatable bonds is 4. The predicted octanol–water partition coefficient (Wildman–Crippen LogP) is 2.69. The molecule has 0 aliphatic heterocycles. The number of benzene rings is 1. The molecule has 2 rings (SSSR count). The maximum absolute atomic E-state index is 12.1. The first-order chi connectivity index (χ1) is 9.04. The van der Waals surface area contributed by atoms with Gasteiger partial charge < -0.3 is 15.1 Å². The number of carbonyl (C=O) groups excluding carboxylic acids is 1. The summed E-state index contributed by atoms with van der Waals surface area (Å²) in [5.41, 5.74) is 6.62. The van der Waals surface area contributed by atoms with E-state index in [1.807, 2.05) is 44.2 Å². The fraction of sp³-hybridized carbons (Fsp3) is 0.400. The molecule has 1 heterocycles. The Labute approximate surface area is 113 Å². The summed E-state index contributed by atoms with van der Waals surface area (Å²) in [7, 11) is 1.76. The van der Waals surface area contributed by atoms with Crippen LogP contribution in [0.15, 0.2) is 34.7 Å². The Kier molecular flexibility index (Phi) is 3.90. The van der Waals surface area contributed by atoms with Crippen LogP contribution in [0.5, 0.6) is 0 Å². The minimum absolute atomic E-state index is 0.0598. The summed E-state index contributed by atoms with van der Waals surface area (Å²) in [4.78, 5) is 13.7. The molecule has 4 heteroatoms. The Balaban J connectivity index is 2.23. The van der Waals surface area contributed by atoms with Crippen LogP contribution in [0.2, 0.25) is 0 Å². The van der Waals surface area contributed by atoms with E-state index in [4.69, 9.17) is 10.2 Å². The molecule has 2 N–H and O–H groups in total. The number of para-hydroxylation sites is 1. The van der Waals surface area contributed by atoms with E-state index < -0.39 is 6.04 Å². The summed E-state index contributed by atoms with van der Waals surface area (Å²) in [5.74, 6) is 0.718. The number of carbonyl (C=O) groups is 1. The van der Waals surface area contributed by atoms with Crippen LogP contribution in [0.3, 0.4) is 0 Å². The van der Waals surface area contributed by atoms with Crippen molar-refractivity contribution in [1.29, 1.82) is 0 Å². The summed E-state index contributed by atoms with van der Waals surface area (Å²) < 4.78 is 5.78. The van der Waals surface area contributed by atoms with E-state index in [2.05, 4.69) is 0 Å². The van der Waals surface area contributed by atoms with Crippen molar-refractivity contribution < 1.29 is 9.21 Å². The molecule has 1 aromatic heterocycles. The summed E-state index contributed by atoms with van der Waals surface area (Å²) in [6, 6.07) is 9.21. The first-order valence-corrected chi connectivity index (χ1v) is 6.55. The van der Waals surface area contributed by atoms with Gasteiger partial charge in [0.25, 0.3) is 0 Å². The molecule has 102 valence electrons. The van der Waals surface area contributed by atoms with Gasteiger partial charge in [-0.25, -0.2) is 0 Å². The van der Waals surface area contributed by atoms with Crippen molar-refractivity contribution >= 4 is 16.9 Å². The molecule has 0 fully saturated rings. The number of hydrogen-bond acceptors (Lipinski definition) is 3. The second kappa shape index (κ2) is 5.45. The van der Waals surface area contributed by atoms with Gasteiger partial charge in [0, 0.05) is 12.4 Å². The highest BCUT2D eigenvalue weighted by Crippen LogP contribution is 2.26. The lowest BCUT2D eigenvalue weighted by Crippen LogP contribution is -2.42. The Morgan fingerprint density at radius 3 is 2.74 bits per heavy atom. The summed E-state index contributed by atoms with van der Waals surface area (Å²) in [6.45, 7) is 3.85. The standard InChI is InChI=1S/C15H20N2O2/c1-4-12(16)15(18)17(3)10(2)14-9-11-7-5-6-8-13(11)19-14/h5-10,12H,4,16H2,1-3H3/t10?,12-/m1/s1. The largest absolute Gasteiger partial charge is 0.459 e. The van der Waals surface area contributed by atoms with Crippen LogP contribution in [-0.4, -0.2) is 23.9 Å². The molecule has 1 amide bonds. The van der Waals surface area contributed by atoms with Gasteiger partial charge in [-0.1, -0.05) is 25.1 Å². The third kappa shape index (κ3) is 2.63. The normalized spacial score (nSPS) is 14.3. The topological polar surface area (TPSA) is 59.5 Å². The zero-order valence-corrected chi connectivity index (χ0v) is 11.6. The van der Waals surface area contributed by atoms with Gasteiger partial charge in [-0.05, 0) is 25.5 Å². The number of furan rings is 1. The SMILES string of the molecule is CC[C@@H](N)C(=O)N(C)C(C)c1cc2ccccc2o1. The molecule has 2 aromatic rings. The van der Waals surface area contributed by atoms with Crippen LogP contribution in [0, 0.1) is 0 Å². The smallest absolute Gasteiger partial charge is 0.239 e. The lowest BCUT2D eigenvalue weighted by atomic mass is 10.1. The fourth-order valence-corrected chi connectivity index (χ4v) is 2.03. The monoisotopic (exact) mass is 260 g/mol. The third-order valence-corrected chi connectivity index (χ3v) is 3.54. The minimum Gasteiger partial charge on any atom is -0.459 e. The van der Waals surface area contributed by atoms with Gasteiger partial charge in [0.2, 0.25) is 5.91 Å². The van der Waals surface area contributed by atoms with Crippen molar-refractivity contribution in [3.63, 3.8) is 0 Å². The predicted molar refractivity (Wildman–Crippen MR) is 75.7 cm³/mol. The van der Waals surface area contributed by atoms with E-state index in [0.717, 1.165) is 16.7 Å². The summed E-state index contributed by atoms with van der Waals surface area (Å²) in [6.07, 6.45) is 0.635. The molecule has 0 bridgehead atoms. The second-order valence-electron chi connectivity index (χ2n) is 4.83. The molecular weight excluding hydrogens is 240 g/mol. The zero-order chi connectivity index (χ0) is 14.0. The molecule has 0 saturated carbocycles. The number of fused-ring (bicyclic) bond motifs is 1. The highest BCUT2D eigenvalue weighted by molar-refractivity contribution is 5.82. The Bertz CT molecular complexity index is 543. The van der Waals surface area contributed by atoms with Gasteiger partial charge in [0.05, 0.1) is 12.1 Å². The van der Waals surface area contributed by atoms with E-state index >= 15 is 0 Å². The van der Waals surface area contributed by atoms with Crippen LogP contribution in [0.1, 0.15) is 32.1 Å². The Morgan fingerprint density at radius 1 is 1.42 bits per heavy atom. The molecule has 4 nitrogen and oxygen atoms in total. The molecule has 0 spiro atoms. The molecule has 0 aliphatic rings. The van der Waals surface area contributed by atoms with Crippen LogP contribution in [-0.2, 0) is 4.79 Å². The van der Waals surface area contributed by atoms with E-state index in [0.29, 0.717) is 6.42 Å². The van der Waals surface area contributed by atoms with E-state index in [1.54, 1.807) is 11.9 Å². The van der Waals surface area contributed by atoms with E-state index in [-0.39, 0.29) is 11.9 Å². The van der Waals surface area contributed by atoms with Crippen molar-refractivity contribution in [2.24, 2.45) is 5.73 Å². The number of likely N-dealkylation sites (N-methyl/N-ethyl adjacent to an activating group) is 1. The maximum Gasteiger partial charge on any atom is 0.239 e. The van der Waals surface area contributed by atoms with Gasteiger partial charge in [-0.3, -0.25) is 4.79 Å². The quantitative estimate of drug-likeness (QED) is 0.919. The van der Waals surface area contributed by atoms with E-state index in [1.165, 1.54) is 0 Å². The van der Waals surface area contributed by atoms with Crippen molar-refractivity contribution in [3.05, 3.63) is 36.1 Å². The Morgan fingerprint density at radius 2 is 2.11 bits per heavy atom. The minimum atomic E-state index is -0.447. The van der Waals surface area contributed by atoms with Crippen LogP contribution >= 0.6 is 0 Å². The first-order valence-electron chi connectivity index (χ1n) is 6.55. The molecule has 1 aromatic carbocycles. The van der Waals surface area contributed by atoms with Gasteiger partial charge in [0.1, 0.15) is 11.3 Å². The van der Waals surface area contributed by atoms with Gasteiger partial charge in [0.15, 0.2) is 0 Å². The molecular formula is C15H20N2O2. The van der Waals surface area contributed by atoms with Crippen molar-refractivity contribution in [3.8, 4) is 0 Å². The number of nitrogens with zero attached hydrogens (tertiary/aromatic N) is 1. The molecule has 0 saturated heterocycles. The molecule has 0 aliphatic carbocycles. The van der Waals surface area contributed by atoms with E-state index in [9.17, 15) is 4.79 Å². The highest BCUT2D eigenvalue weighted by atomic mass is 16.3. The molecule has 2 atom stereocenters.